The van der Waals surface area contributed by atoms with Gasteiger partial charge in [0.1, 0.15) is 39.9 Å². The standard InChI is InChI=1S/C21H22O7/c1-21(2)7-6-11-14(28-21)5-4-12(19(11)26-3)20-18(25)17(24)16-13(23)8-10(22)9-15(16)27-20/h4-5,8-9,18,20,22-23,25H,6-7H2,1-3H3. The molecule has 0 fully saturated rings. The minimum atomic E-state index is -1.53. The molecule has 0 bridgehead atoms. The second-order valence-electron chi connectivity index (χ2n) is 7.71. The third kappa shape index (κ3) is 2.82. The molecule has 0 aliphatic carbocycles. The van der Waals surface area contributed by atoms with Gasteiger partial charge in [-0.3, -0.25) is 4.79 Å². The summed E-state index contributed by atoms with van der Waals surface area (Å²) in [7, 11) is 1.52. The highest BCUT2D eigenvalue weighted by Gasteiger charge is 2.41. The van der Waals surface area contributed by atoms with Crippen LogP contribution in [-0.4, -0.2) is 39.9 Å². The van der Waals surface area contributed by atoms with Crippen molar-refractivity contribution >= 4 is 5.78 Å². The number of benzene rings is 2. The Bertz CT molecular complexity index is 964. The van der Waals surface area contributed by atoms with Crippen molar-refractivity contribution in [1.29, 1.82) is 0 Å². The highest BCUT2D eigenvalue weighted by atomic mass is 16.5. The molecule has 148 valence electrons. The van der Waals surface area contributed by atoms with Crippen LogP contribution in [0.1, 0.15) is 47.9 Å². The van der Waals surface area contributed by atoms with Crippen molar-refractivity contribution in [2.45, 2.75) is 44.5 Å². The average molecular weight is 386 g/mol. The second-order valence-corrected chi connectivity index (χ2v) is 7.71. The highest BCUT2D eigenvalue weighted by molar-refractivity contribution is 6.05. The van der Waals surface area contributed by atoms with Crippen LogP contribution in [-0.2, 0) is 6.42 Å². The first kappa shape index (κ1) is 18.4. The van der Waals surface area contributed by atoms with Gasteiger partial charge in [-0.05, 0) is 38.8 Å². The molecule has 3 N–H and O–H groups in total. The first-order valence-electron chi connectivity index (χ1n) is 9.05. The summed E-state index contributed by atoms with van der Waals surface area (Å²) in [6, 6.07) is 5.76. The number of Topliss-reactive ketones (excluding diaryl/α,β-unsaturated/α-hetero) is 1. The van der Waals surface area contributed by atoms with Crippen LogP contribution in [0.4, 0.5) is 0 Å². The monoisotopic (exact) mass is 386 g/mol. The normalized spacial score (nSPS) is 22.5. The second kappa shape index (κ2) is 6.31. The van der Waals surface area contributed by atoms with Crippen molar-refractivity contribution < 1.29 is 34.3 Å². The molecule has 2 aliphatic heterocycles. The van der Waals surface area contributed by atoms with E-state index >= 15 is 0 Å². The van der Waals surface area contributed by atoms with E-state index < -0.39 is 23.7 Å². The molecule has 0 amide bonds. The third-order valence-corrected chi connectivity index (χ3v) is 5.24. The van der Waals surface area contributed by atoms with Crippen molar-refractivity contribution in [1.82, 2.24) is 0 Å². The molecule has 0 radical (unpaired) electrons. The molecule has 2 heterocycles. The lowest BCUT2D eigenvalue weighted by Crippen LogP contribution is -2.37. The number of aromatic hydroxyl groups is 2. The molecular weight excluding hydrogens is 364 g/mol. The van der Waals surface area contributed by atoms with Crippen LogP contribution in [0.2, 0.25) is 0 Å². The smallest absolute Gasteiger partial charge is 0.202 e. The van der Waals surface area contributed by atoms with Crippen LogP contribution in [0, 0.1) is 0 Å². The van der Waals surface area contributed by atoms with Gasteiger partial charge >= 0.3 is 0 Å². The Morgan fingerprint density at radius 3 is 2.64 bits per heavy atom. The summed E-state index contributed by atoms with van der Waals surface area (Å²) >= 11 is 0. The lowest BCUT2D eigenvalue weighted by atomic mass is 9.88. The van der Waals surface area contributed by atoms with Crippen LogP contribution in [0.3, 0.4) is 0 Å². The SMILES string of the molecule is COc1c(C2Oc3cc(O)cc(O)c3C(=O)C2O)ccc2c1CCC(C)(C)O2. The molecule has 0 spiro atoms. The first-order valence-corrected chi connectivity index (χ1v) is 9.05. The fourth-order valence-electron chi connectivity index (χ4n) is 3.85. The van der Waals surface area contributed by atoms with Gasteiger partial charge in [0, 0.05) is 23.3 Å². The van der Waals surface area contributed by atoms with Gasteiger partial charge in [-0.15, -0.1) is 0 Å². The summed E-state index contributed by atoms with van der Waals surface area (Å²) in [6.45, 7) is 4.03. The van der Waals surface area contributed by atoms with Gasteiger partial charge < -0.3 is 29.5 Å². The van der Waals surface area contributed by atoms with Crippen molar-refractivity contribution in [3.63, 3.8) is 0 Å². The van der Waals surface area contributed by atoms with E-state index in [0.29, 0.717) is 23.5 Å². The van der Waals surface area contributed by atoms with E-state index in [1.165, 1.54) is 13.2 Å². The Morgan fingerprint density at radius 2 is 1.93 bits per heavy atom. The summed E-state index contributed by atoms with van der Waals surface area (Å²) in [5, 5.41) is 30.3. The van der Waals surface area contributed by atoms with Crippen LogP contribution in [0.5, 0.6) is 28.7 Å². The van der Waals surface area contributed by atoms with E-state index in [1.807, 2.05) is 13.8 Å². The van der Waals surface area contributed by atoms with Crippen LogP contribution in [0.15, 0.2) is 24.3 Å². The Morgan fingerprint density at radius 1 is 1.18 bits per heavy atom. The molecule has 7 heteroatoms. The van der Waals surface area contributed by atoms with E-state index in [4.69, 9.17) is 14.2 Å². The van der Waals surface area contributed by atoms with Crippen molar-refractivity contribution in [3.05, 3.63) is 41.0 Å². The zero-order chi connectivity index (χ0) is 20.2. The minimum absolute atomic E-state index is 0.00922. The molecule has 7 nitrogen and oxygen atoms in total. The molecule has 0 saturated carbocycles. The minimum Gasteiger partial charge on any atom is -0.508 e. The molecule has 2 aromatic rings. The molecule has 2 unspecified atom stereocenters. The van der Waals surface area contributed by atoms with E-state index in [2.05, 4.69) is 0 Å². The quantitative estimate of drug-likeness (QED) is 0.729. The van der Waals surface area contributed by atoms with E-state index in [-0.39, 0.29) is 22.7 Å². The fourth-order valence-corrected chi connectivity index (χ4v) is 3.85. The maximum atomic E-state index is 12.7. The predicted octanol–water partition coefficient (Wildman–Crippen LogP) is 2.89. The molecule has 0 aromatic heterocycles. The fraction of sp³-hybridized carbons (Fsp3) is 0.381. The van der Waals surface area contributed by atoms with E-state index in [0.717, 1.165) is 18.1 Å². The molecule has 28 heavy (non-hydrogen) atoms. The lowest BCUT2D eigenvalue weighted by molar-refractivity contribution is 0.0200. The number of phenols is 2. The summed E-state index contributed by atoms with van der Waals surface area (Å²) in [6.07, 6.45) is -1.07. The van der Waals surface area contributed by atoms with Crippen molar-refractivity contribution in [2.24, 2.45) is 0 Å². The van der Waals surface area contributed by atoms with E-state index in [1.54, 1.807) is 12.1 Å². The van der Waals surface area contributed by atoms with Crippen molar-refractivity contribution in [2.75, 3.05) is 7.11 Å². The molecule has 4 rings (SSSR count). The number of hydrogen-bond donors (Lipinski definition) is 3. The number of fused-ring (bicyclic) bond motifs is 2. The zero-order valence-electron chi connectivity index (χ0n) is 15.9. The van der Waals surface area contributed by atoms with Gasteiger partial charge in [0.25, 0.3) is 0 Å². The molecule has 2 atom stereocenters. The van der Waals surface area contributed by atoms with E-state index in [9.17, 15) is 20.1 Å². The maximum Gasteiger partial charge on any atom is 0.202 e. The van der Waals surface area contributed by atoms with Crippen LogP contribution < -0.4 is 14.2 Å². The van der Waals surface area contributed by atoms with Crippen LogP contribution >= 0.6 is 0 Å². The summed E-state index contributed by atoms with van der Waals surface area (Å²) in [5.41, 5.74) is 0.916. The lowest BCUT2D eigenvalue weighted by Gasteiger charge is -2.35. The number of carbonyl (C=O) groups is 1. The highest BCUT2D eigenvalue weighted by Crippen LogP contribution is 2.47. The molecular formula is C21H22O7. The average Bonchev–Trinajstić information content (AvgIpc) is 2.62. The Kier molecular flexibility index (Phi) is 4.15. The number of aliphatic hydroxyl groups is 1. The van der Waals surface area contributed by atoms with Gasteiger partial charge in [0.15, 0.2) is 12.2 Å². The number of aliphatic hydroxyl groups excluding tert-OH is 1. The van der Waals surface area contributed by atoms with Gasteiger partial charge in [-0.1, -0.05) is 0 Å². The summed E-state index contributed by atoms with van der Waals surface area (Å²) in [5.74, 6) is -0.157. The third-order valence-electron chi connectivity index (χ3n) is 5.24. The maximum absolute atomic E-state index is 12.7. The number of methoxy groups -OCH3 is 1. The van der Waals surface area contributed by atoms with Gasteiger partial charge in [-0.2, -0.15) is 0 Å². The van der Waals surface area contributed by atoms with Gasteiger partial charge in [0.05, 0.1) is 7.11 Å². The number of ether oxygens (including phenoxy) is 3. The Labute approximate surface area is 162 Å². The predicted molar refractivity (Wildman–Crippen MR) is 99.5 cm³/mol. The number of rotatable bonds is 2. The summed E-state index contributed by atoms with van der Waals surface area (Å²) < 4.78 is 17.5. The van der Waals surface area contributed by atoms with Gasteiger partial charge in [0.2, 0.25) is 5.78 Å². The Hall–Kier alpha value is -2.93. The number of ketones is 1. The molecule has 0 saturated heterocycles. The summed E-state index contributed by atoms with van der Waals surface area (Å²) in [4.78, 5) is 12.7. The van der Waals surface area contributed by atoms with Crippen LogP contribution in [0.25, 0.3) is 0 Å². The number of hydrogen-bond acceptors (Lipinski definition) is 7. The van der Waals surface area contributed by atoms with Gasteiger partial charge in [-0.25, -0.2) is 0 Å². The zero-order valence-corrected chi connectivity index (χ0v) is 15.9. The molecule has 2 aliphatic rings. The number of phenolic OH excluding ortho intramolecular Hbond substituents is 2. The Balaban J connectivity index is 1.80. The largest absolute Gasteiger partial charge is 0.508 e. The molecule has 2 aromatic carbocycles. The van der Waals surface area contributed by atoms with Crippen molar-refractivity contribution in [3.8, 4) is 28.7 Å². The number of carbonyl (C=O) groups excluding carboxylic acids is 1. The first-order chi connectivity index (χ1) is 13.2. The topological polar surface area (TPSA) is 105 Å².